The summed E-state index contributed by atoms with van der Waals surface area (Å²) in [6, 6.07) is 14.6. The summed E-state index contributed by atoms with van der Waals surface area (Å²) in [5.74, 6) is 0.433. The van der Waals surface area contributed by atoms with Crippen molar-refractivity contribution in [2.24, 2.45) is 0 Å². The molecule has 0 spiro atoms. The first kappa shape index (κ1) is 18.2. The molecule has 2 aromatic carbocycles. The Morgan fingerprint density at radius 1 is 0.929 bits per heavy atom. The quantitative estimate of drug-likeness (QED) is 0.702. The lowest BCUT2D eigenvalue weighted by Gasteiger charge is -2.35. The molecule has 0 N–H and O–H groups in total. The van der Waals surface area contributed by atoms with Crippen LogP contribution in [0.4, 0.5) is 10.1 Å². The molecule has 0 atom stereocenters. The number of hydrogen-bond acceptors (Lipinski definition) is 4. The third-order valence-corrected chi connectivity index (χ3v) is 5.06. The van der Waals surface area contributed by atoms with Gasteiger partial charge in [0.15, 0.2) is 0 Å². The molecule has 7 heteroatoms. The summed E-state index contributed by atoms with van der Waals surface area (Å²) < 4.78 is 15.7. The highest BCUT2D eigenvalue weighted by atomic mass is 19.1. The van der Waals surface area contributed by atoms with Crippen LogP contribution < -0.4 is 4.90 Å². The second-order valence-electron chi connectivity index (χ2n) is 6.91. The van der Waals surface area contributed by atoms with E-state index < -0.39 is 0 Å². The van der Waals surface area contributed by atoms with Crippen LogP contribution in [0.2, 0.25) is 0 Å². The minimum Gasteiger partial charge on any atom is -0.366 e. The molecule has 0 radical (unpaired) electrons. The van der Waals surface area contributed by atoms with E-state index in [-0.39, 0.29) is 17.5 Å². The number of halogens is 1. The maximum atomic E-state index is 14.0. The molecule has 3 aromatic rings. The van der Waals surface area contributed by atoms with E-state index in [0.717, 1.165) is 11.3 Å². The number of anilines is 1. The molecule has 144 valence electrons. The molecule has 1 fully saturated rings. The predicted molar refractivity (Wildman–Crippen MR) is 105 cm³/mol. The maximum Gasteiger partial charge on any atom is 0.293 e. The van der Waals surface area contributed by atoms with Crippen molar-refractivity contribution in [1.82, 2.24) is 19.7 Å². The molecule has 2 heterocycles. The normalized spacial score (nSPS) is 14.4. The van der Waals surface area contributed by atoms with Gasteiger partial charge < -0.3 is 9.80 Å². The van der Waals surface area contributed by atoms with Crippen molar-refractivity contribution in [2.45, 2.75) is 13.8 Å². The van der Waals surface area contributed by atoms with Gasteiger partial charge in [-0.3, -0.25) is 4.79 Å². The molecule has 0 unspecified atom stereocenters. The molecule has 28 heavy (non-hydrogen) atoms. The highest BCUT2D eigenvalue weighted by Gasteiger charge is 2.26. The predicted octanol–water partition coefficient (Wildman–Crippen LogP) is 2.99. The molecular formula is C21H22FN5O. The molecule has 1 aliphatic rings. The van der Waals surface area contributed by atoms with Crippen molar-refractivity contribution in [3.8, 4) is 5.69 Å². The van der Waals surface area contributed by atoms with Gasteiger partial charge in [0.2, 0.25) is 5.82 Å². The summed E-state index contributed by atoms with van der Waals surface area (Å²) in [5, 5.41) is 4.45. The number of nitrogens with zero attached hydrogens (tertiary/aromatic N) is 5. The Bertz CT molecular complexity index is 1010. The Hall–Kier alpha value is -3.22. The topological polar surface area (TPSA) is 54.3 Å². The monoisotopic (exact) mass is 379 g/mol. The molecule has 0 aliphatic carbocycles. The fourth-order valence-electron chi connectivity index (χ4n) is 3.51. The Labute approximate surface area is 163 Å². The van der Waals surface area contributed by atoms with Gasteiger partial charge in [-0.1, -0.05) is 30.3 Å². The lowest BCUT2D eigenvalue weighted by molar-refractivity contribution is 0.0734. The number of aryl methyl sites for hydroxylation is 2. The number of carbonyl (C=O) groups excluding carboxylic acids is 1. The van der Waals surface area contributed by atoms with Crippen LogP contribution in [-0.4, -0.2) is 51.8 Å². The van der Waals surface area contributed by atoms with E-state index in [1.165, 1.54) is 6.07 Å². The Balaban J connectivity index is 1.49. The van der Waals surface area contributed by atoms with Gasteiger partial charge in [0, 0.05) is 26.2 Å². The highest BCUT2D eigenvalue weighted by Crippen LogP contribution is 2.21. The average Bonchev–Trinajstić information content (AvgIpc) is 3.10. The summed E-state index contributed by atoms with van der Waals surface area (Å²) >= 11 is 0. The van der Waals surface area contributed by atoms with Crippen molar-refractivity contribution < 1.29 is 9.18 Å². The molecule has 1 aliphatic heterocycles. The first-order valence-electron chi connectivity index (χ1n) is 9.33. The summed E-state index contributed by atoms with van der Waals surface area (Å²) in [6.07, 6.45) is 0. The van der Waals surface area contributed by atoms with Crippen LogP contribution in [0, 0.1) is 19.7 Å². The second-order valence-corrected chi connectivity index (χ2v) is 6.91. The van der Waals surface area contributed by atoms with Crippen molar-refractivity contribution in [1.29, 1.82) is 0 Å². The van der Waals surface area contributed by atoms with Crippen LogP contribution in [0.5, 0.6) is 0 Å². The first-order chi connectivity index (χ1) is 13.5. The van der Waals surface area contributed by atoms with Gasteiger partial charge in [-0.25, -0.2) is 14.1 Å². The van der Waals surface area contributed by atoms with Crippen molar-refractivity contribution >= 4 is 11.6 Å². The molecule has 4 rings (SSSR count). The number of rotatable bonds is 3. The van der Waals surface area contributed by atoms with E-state index >= 15 is 0 Å². The van der Waals surface area contributed by atoms with Gasteiger partial charge in [-0.15, -0.1) is 5.10 Å². The summed E-state index contributed by atoms with van der Waals surface area (Å²) in [6.45, 7) is 6.00. The van der Waals surface area contributed by atoms with E-state index in [2.05, 4.69) is 10.1 Å². The highest BCUT2D eigenvalue weighted by molar-refractivity contribution is 5.90. The molecule has 6 nitrogen and oxygen atoms in total. The van der Waals surface area contributed by atoms with Gasteiger partial charge >= 0.3 is 0 Å². The van der Waals surface area contributed by atoms with E-state index in [0.29, 0.717) is 37.7 Å². The maximum absolute atomic E-state index is 14.0. The van der Waals surface area contributed by atoms with E-state index in [1.54, 1.807) is 21.7 Å². The van der Waals surface area contributed by atoms with E-state index in [1.807, 2.05) is 49.1 Å². The zero-order valence-electron chi connectivity index (χ0n) is 16.0. The Morgan fingerprint density at radius 2 is 1.57 bits per heavy atom. The molecule has 1 saturated heterocycles. The first-order valence-corrected chi connectivity index (χ1v) is 9.33. The van der Waals surface area contributed by atoms with E-state index in [9.17, 15) is 9.18 Å². The number of amides is 1. The fraction of sp³-hybridized carbons (Fsp3) is 0.286. The third kappa shape index (κ3) is 3.35. The van der Waals surface area contributed by atoms with Crippen LogP contribution in [-0.2, 0) is 0 Å². The van der Waals surface area contributed by atoms with Gasteiger partial charge in [-0.05, 0) is 37.6 Å². The number of hydrogen-bond donors (Lipinski definition) is 0. The zero-order chi connectivity index (χ0) is 19.7. The lowest BCUT2D eigenvalue weighted by Crippen LogP contribution is -2.49. The van der Waals surface area contributed by atoms with Crippen molar-refractivity contribution in [3.05, 3.63) is 71.6 Å². The fourth-order valence-corrected chi connectivity index (χ4v) is 3.51. The van der Waals surface area contributed by atoms with Gasteiger partial charge in [0.1, 0.15) is 11.6 Å². The minimum absolute atomic E-state index is 0.191. The molecular weight excluding hydrogens is 357 g/mol. The van der Waals surface area contributed by atoms with Crippen molar-refractivity contribution in [2.75, 3.05) is 31.1 Å². The van der Waals surface area contributed by atoms with Crippen LogP contribution in [0.25, 0.3) is 5.69 Å². The van der Waals surface area contributed by atoms with Gasteiger partial charge in [0.05, 0.1) is 11.4 Å². The Morgan fingerprint density at radius 3 is 2.25 bits per heavy atom. The number of para-hydroxylation sites is 2. The zero-order valence-corrected chi connectivity index (χ0v) is 16.0. The molecule has 1 aromatic heterocycles. The Kier molecular flexibility index (Phi) is 4.81. The summed E-state index contributed by atoms with van der Waals surface area (Å²) in [4.78, 5) is 21.0. The average molecular weight is 379 g/mol. The van der Waals surface area contributed by atoms with Gasteiger partial charge in [0.25, 0.3) is 5.91 Å². The smallest absolute Gasteiger partial charge is 0.293 e. The number of piperazine rings is 1. The summed E-state index contributed by atoms with van der Waals surface area (Å²) in [5.41, 5.74) is 2.55. The van der Waals surface area contributed by atoms with Crippen LogP contribution in [0.3, 0.4) is 0 Å². The standard InChI is InChI=1S/C21H22FN5O/c1-15-7-3-5-9-18(15)27-16(2)23-20(24-27)21(28)26-13-11-25(12-14-26)19-10-6-4-8-17(19)22/h3-10H,11-14H2,1-2H3. The van der Waals surface area contributed by atoms with Crippen LogP contribution >= 0.6 is 0 Å². The lowest BCUT2D eigenvalue weighted by atomic mass is 10.2. The SMILES string of the molecule is Cc1ccccc1-n1nc(C(=O)N2CCN(c3ccccc3F)CC2)nc1C. The van der Waals surface area contributed by atoms with Crippen LogP contribution in [0.1, 0.15) is 22.0 Å². The third-order valence-electron chi connectivity index (χ3n) is 5.06. The largest absolute Gasteiger partial charge is 0.366 e. The number of benzene rings is 2. The molecule has 1 amide bonds. The van der Waals surface area contributed by atoms with Gasteiger partial charge in [-0.2, -0.15) is 0 Å². The van der Waals surface area contributed by atoms with Crippen LogP contribution in [0.15, 0.2) is 48.5 Å². The number of carbonyl (C=O) groups is 1. The van der Waals surface area contributed by atoms with Crippen molar-refractivity contribution in [3.63, 3.8) is 0 Å². The minimum atomic E-state index is -0.239. The molecule has 0 saturated carbocycles. The second kappa shape index (κ2) is 7.42. The number of aromatic nitrogens is 3. The summed E-state index contributed by atoms with van der Waals surface area (Å²) in [7, 11) is 0. The van der Waals surface area contributed by atoms with E-state index in [4.69, 9.17) is 0 Å². The molecule has 0 bridgehead atoms.